The van der Waals surface area contributed by atoms with Crippen molar-refractivity contribution in [3.63, 3.8) is 0 Å². The van der Waals surface area contributed by atoms with E-state index in [9.17, 15) is 33.3 Å². The first-order chi connectivity index (χ1) is 18.2. The lowest BCUT2D eigenvalue weighted by Crippen LogP contribution is -2.16. The molecule has 3 aromatic carbocycles. The lowest BCUT2D eigenvalue weighted by atomic mass is 10.1. The first-order valence-corrected chi connectivity index (χ1v) is 11.5. The van der Waals surface area contributed by atoms with Gasteiger partial charge >= 0.3 is 6.18 Å². The molecule has 0 unspecified atom stereocenters. The van der Waals surface area contributed by atoms with Crippen LogP contribution in [0.2, 0.25) is 0 Å². The van der Waals surface area contributed by atoms with Crippen molar-refractivity contribution in [1.82, 2.24) is 9.97 Å². The van der Waals surface area contributed by atoms with Gasteiger partial charge in [-0.25, -0.2) is 10.4 Å². The number of hydrogen-bond acceptors (Lipinski definition) is 8. The van der Waals surface area contributed by atoms with Crippen molar-refractivity contribution in [2.45, 2.75) is 16.0 Å². The highest BCUT2D eigenvalue weighted by Crippen LogP contribution is 2.38. The Labute approximate surface area is 216 Å². The molecule has 0 aliphatic carbocycles. The fraction of sp³-hybridized carbons (Fsp3) is 0.0400. The second kappa shape index (κ2) is 11.0. The normalized spacial score (nSPS) is 11.3. The van der Waals surface area contributed by atoms with Gasteiger partial charge in [0.05, 0.1) is 27.3 Å². The molecule has 0 aliphatic rings. The molecule has 0 amide bonds. The lowest BCUT2D eigenvalue weighted by molar-refractivity contribution is -0.387. The van der Waals surface area contributed by atoms with E-state index in [0.29, 0.717) is 11.1 Å². The molecule has 1 aromatic heterocycles. The fourth-order valence-electron chi connectivity index (χ4n) is 3.31. The Morgan fingerprint density at radius 1 is 1.11 bits per heavy atom. The van der Waals surface area contributed by atoms with Crippen LogP contribution in [0.1, 0.15) is 16.7 Å². The Kier molecular flexibility index (Phi) is 7.54. The molecule has 0 radical (unpaired) electrons. The van der Waals surface area contributed by atoms with Gasteiger partial charge in [0.2, 0.25) is 5.95 Å². The molecular formula is C25H15F3N6O3S. The maximum Gasteiger partial charge on any atom is 0.416 e. The zero-order valence-electron chi connectivity index (χ0n) is 19.1. The molecule has 9 nitrogen and oxygen atoms in total. The van der Waals surface area contributed by atoms with E-state index < -0.39 is 22.2 Å². The molecule has 0 fully saturated rings. The van der Waals surface area contributed by atoms with Crippen molar-refractivity contribution in [3.8, 4) is 17.3 Å². The number of nitrogens with one attached hydrogen (secondary N) is 2. The van der Waals surface area contributed by atoms with Gasteiger partial charge in [0.1, 0.15) is 11.6 Å². The predicted octanol–water partition coefficient (Wildman–Crippen LogP) is 5.83. The van der Waals surface area contributed by atoms with Crippen LogP contribution in [0.4, 0.5) is 24.8 Å². The SMILES string of the molecule is N#Cc1c(-c2ccccc2)nc(NN=Cc2ccc(Sc3cccc(C(F)(F)F)c3)c([N+](=O)[O-])c2)[nH]c1=O. The summed E-state index contributed by atoms with van der Waals surface area (Å²) in [5.41, 5.74) is 1.51. The topological polar surface area (TPSA) is 137 Å². The van der Waals surface area contributed by atoms with Crippen LogP contribution in [0.3, 0.4) is 0 Å². The number of anilines is 1. The fourth-order valence-corrected chi connectivity index (χ4v) is 4.27. The number of hydrogen-bond donors (Lipinski definition) is 2. The van der Waals surface area contributed by atoms with E-state index in [1.165, 1.54) is 36.5 Å². The Hall–Kier alpha value is -4.96. The molecule has 38 heavy (non-hydrogen) atoms. The molecule has 0 aliphatic heterocycles. The molecule has 0 saturated heterocycles. The number of aromatic amines is 1. The van der Waals surface area contributed by atoms with Crippen LogP contribution in [-0.2, 0) is 6.18 Å². The van der Waals surface area contributed by atoms with Gasteiger partial charge in [-0.15, -0.1) is 0 Å². The van der Waals surface area contributed by atoms with Crippen LogP contribution >= 0.6 is 11.8 Å². The number of hydrazone groups is 1. The smallest absolute Gasteiger partial charge is 0.290 e. The summed E-state index contributed by atoms with van der Waals surface area (Å²) in [6.07, 6.45) is -3.29. The zero-order valence-corrected chi connectivity index (χ0v) is 19.9. The number of rotatable bonds is 7. The number of nitro groups is 1. The number of H-pyrrole nitrogens is 1. The van der Waals surface area contributed by atoms with Gasteiger partial charge in [-0.05, 0) is 24.3 Å². The third-order valence-electron chi connectivity index (χ3n) is 5.03. The summed E-state index contributed by atoms with van der Waals surface area (Å²) in [5, 5.41) is 24.9. The first kappa shape index (κ1) is 26.1. The van der Waals surface area contributed by atoms with E-state index in [2.05, 4.69) is 20.5 Å². The molecule has 4 rings (SSSR count). The number of halogens is 3. The number of aromatic nitrogens is 2. The van der Waals surface area contributed by atoms with Gasteiger partial charge < -0.3 is 0 Å². The summed E-state index contributed by atoms with van der Waals surface area (Å²) < 4.78 is 39.0. The molecule has 0 saturated carbocycles. The Morgan fingerprint density at radius 3 is 2.55 bits per heavy atom. The van der Waals surface area contributed by atoms with Crippen LogP contribution in [0.25, 0.3) is 11.3 Å². The van der Waals surface area contributed by atoms with Crippen molar-refractivity contribution < 1.29 is 18.1 Å². The van der Waals surface area contributed by atoms with E-state index in [1.54, 1.807) is 30.3 Å². The van der Waals surface area contributed by atoms with E-state index in [4.69, 9.17) is 0 Å². The molecule has 0 spiro atoms. The summed E-state index contributed by atoms with van der Waals surface area (Å²) in [7, 11) is 0. The van der Waals surface area contributed by atoms with E-state index in [-0.39, 0.29) is 32.7 Å². The van der Waals surface area contributed by atoms with Gasteiger partial charge in [-0.1, -0.05) is 54.2 Å². The van der Waals surface area contributed by atoms with Crippen molar-refractivity contribution >= 4 is 29.6 Å². The van der Waals surface area contributed by atoms with Gasteiger partial charge in [0.15, 0.2) is 0 Å². The quantitative estimate of drug-likeness (QED) is 0.172. The van der Waals surface area contributed by atoms with Crippen molar-refractivity contribution in [2.75, 3.05) is 5.43 Å². The Balaban J connectivity index is 1.57. The molecule has 190 valence electrons. The van der Waals surface area contributed by atoms with Crippen molar-refractivity contribution in [3.05, 3.63) is 110 Å². The highest BCUT2D eigenvalue weighted by atomic mass is 32.2. The van der Waals surface area contributed by atoms with Gasteiger partial charge in [0.25, 0.3) is 11.2 Å². The second-order valence-corrected chi connectivity index (χ2v) is 8.71. The van der Waals surface area contributed by atoms with Crippen molar-refractivity contribution in [1.29, 1.82) is 5.26 Å². The minimum absolute atomic E-state index is 0.0599. The first-order valence-electron chi connectivity index (χ1n) is 10.7. The van der Waals surface area contributed by atoms with Crippen LogP contribution in [-0.4, -0.2) is 21.1 Å². The third kappa shape index (κ3) is 6.05. The maximum absolute atomic E-state index is 13.0. The van der Waals surface area contributed by atoms with E-state index in [0.717, 1.165) is 23.9 Å². The van der Waals surface area contributed by atoms with Gasteiger partial charge in [-0.2, -0.15) is 23.5 Å². The minimum atomic E-state index is -4.54. The summed E-state index contributed by atoms with van der Waals surface area (Å²) in [6, 6.07) is 19.0. The van der Waals surface area contributed by atoms with Gasteiger partial charge in [0, 0.05) is 22.1 Å². The third-order valence-corrected chi connectivity index (χ3v) is 6.09. The number of nitrogens with zero attached hydrogens (tertiary/aromatic N) is 4. The minimum Gasteiger partial charge on any atom is -0.290 e. The average Bonchev–Trinajstić information content (AvgIpc) is 2.89. The molecule has 2 N–H and O–H groups in total. The number of alkyl halides is 3. The monoisotopic (exact) mass is 536 g/mol. The molecule has 0 bridgehead atoms. The van der Waals surface area contributed by atoms with Crippen LogP contribution in [0.15, 0.2) is 92.5 Å². The van der Waals surface area contributed by atoms with Crippen molar-refractivity contribution in [2.24, 2.45) is 5.10 Å². The van der Waals surface area contributed by atoms with Crippen LogP contribution in [0, 0.1) is 21.4 Å². The molecular weight excluding hydrogens is 521 g/mol. The molecule has 0 atom stereocenters. The summed E-state index contributed by atoms with van der Waals surface area (Å²) in [5.74, 6) is -0.0599. The van der Waals surface area contributed by atoms with E-state index in [1.807, 2.05) is 6.07 Å². The standard InChI is InChI=1S/C25H15F3N6O3S/c26-25(27,28)17-7-4-8-18(12-17)38-21-10-9-15(11-20(21)34(36)37)14-30-33-24-31-22(16-5-2-1-3-6-16)19(13-29)23(35)32-24/h1-12,14H,(H2,31,32,33,35). The van der Waals surface area contributed by atoms with Crippen LogP contribution in [0.5, 0.6) is 0 Å². The number of nitro benzene ring substituents is 1. The highest BCUT2D eigenvalue weighted by Gasteiger charge is 2.30. The number of nitriles is 1. The number of benzene rings is 3. The molecule has 13 heteroatoms. The van der Waals surface area contributed by atoms with Gasteiger partial charge in [-0.3, -0.25) is 19.9 Å². The molecule has 4 aromatic rings. The Bertz CT molecular complexity index is 1630. The molecule has 1 heterocycles. The van der Waals surface area contributed by atoms with Crippen LogP contribution < -0.4 is 11.0 Å². The maximum atomic E-state index is 13.0. The lowest BCUT2D eigenvalue weighted by Gasteiger charge is -2.09. The Morgan fingerprint density at radius 2 is 1.87 bits per heavy atom. The largest absolute Gasteiger partial charge is 0.416 e. The summed E-state index contributed by atoms with van der Waals surface area (Å²) in [4.78, 5) is 30.3. The highest BCUT2D eigenvalue weighted by molar-refractivity contribution is 7.99. The summed E-state index contributed by atoms with van der Waals surface area (Å²) >= 11 is 0.829. The zero-order chi connectivity index (χ0) is 27.3. The average molecular weight is 536 g/mol. The second-order valence-electron chi connectivity index (χ2n) is 7.60. The summed E-state index contributed by atoms with van der Waals surface area (Å²) in [6.45, 7) is 0. The van der Waals surface area contributed by atoms with E-state index >= 15 is 0 Å². The predicted molar refractivity (Wildman–Crippen MR) is 135 cm³/mol.